The summed E-state index contributed by atoms with van der Waals surface area (Å²) in [6.45, 7) is 5.58. The quantitative estimate of drug-likeness (QED) is 0.321. The van der Waals surface area contributed by atoms with E-state index in [1.807, 2.05) is 32.0 Å². The number of rotatable bonds is 5. The van der Waals surface area contributed by atoms with Crippen LogP contribution in [0.1, 0.15) is 18.3 Å². The Bertz CT molecular complexity index is 1200. The number of nitrogens with one attached hydrogen (secondary N) is 2. The summed E-state index contributed by atoms with van der Waals surface area (Å²) in [7, 11) is 0. The molecular formula is C21H19Cl2N5OS. The lowest BCUT2D eigenvalue weighted by Gasteiger charge is -2.08. The molecule has 4 aromatic rings. The van der Waals surface area contributed by atoms with E-state index in [0.29, 0.717) is 15.9 Å². The van der Waals surface area contributed by atoms with E-state index < -0.39 is 6.23 Å². The molecule has 0 bridgehead atoms. The van der Waals surface area contributed by atoms with Crippen LogP contribution >= 0.6 is 34.5 Å². The Morgan fingerprint density at radius 3 is 2.60 bits per heavy atom. The van der Waals surface area contributed by atoms with E-state index >= 15 is 0 Å². The zero-order valence-electron chi connectivity index (χ0n) is 16.5. The molecule has 9 heteroatoms. The second-order valence-corrected chi connectivity index (χ2v) is 8.71. The molecule has 3 heterocycles. The normalized spacial score (nSPS) is 12.2. The first-order valence-corrected chi connectivity index (χ1v) is 10.8. The molecule has 0 aliphatic carbocycles. The number of anilines is 1. The van der Waals surface area contributed by atoms with Crippen LogP contribution in [-0.2, 0) is 0 Å². The van der Waals surface area contributed by atoms with E-state index in [2.05, 4.69) is 20.3 Å². The third kappa shape index (κ3) is 4.20. The lowest BCUT2D eigenvalue weighted by Crippen LogP contribution is -2.14. The van der Waals surface area contributed by atoms with Crippen molar-refractivity contribution < 1.29 is 5.11 Å². The molecule has 3 aromatic heterocycles. The van der Waals surface area contributed by atoms with Crippen molar-refractivity contribution in [1.82, 2.24) is 19.9 Å². The number of benzene rings is 1. The molecule has 6 nitrogen and oxygen atoms in total. The van der Waals surface area contributed by atoms with Crippen LogP contribution in [0.2, 0.25) is 10.0 Å². The number of aliphatic hydroxyl groups excluding tert-OH is 1. The Labute approximate surface area is 188 Å². The van der Waals surface area contributed by atoms with Crippen molar-refractivity contribution in [2.45, 2.75) is 27.0 Å². The predicted molar refractivity (Wildman–Crippen MR) is 123 cm³/mol. The first kappa shape index (κ1) is 20.8. The number of halogens is 2. The highest BCUT2D eigenvalue weighted by atomic mass is 35.5. The summed E-state index contributed by atoms with van der Waals surface area (Å²) in [6, 6.07) is 9.09. The van der Waals surface area contributed by atoms with Crippen LogP contribution in [0.5, 0.6) is 0 Å². The maximum atomic E-state index is 9.59. The summed E-state index contributed by atoms with van der Waals surface area (Å²) < 4.78 is 0. The number of aromatic amines is 1. The lowest BCUT2D eigenvalue weighted by molar-refractivity contribution is 0.224. The van der Waals surface area contributed by atoms with Gasteiger partial charge in [0.25, 0.3) is 0 Å². The average Bonchev–Trinajstić information content (AvgIpc) is 3.25. The van der Waals surface area contributed by atoms with Crippen LogP contribution < -0.4 is 5.32 Å². The Morgan fingerprint density at radius 1 is 1.13 bits per heavy atom. The minimum absolute atomic E-state index is 0.520. The second-order valence-electron chi connectivity index (χ2n) is 6.87. The van der Waals surface area contributed by atoms with Crippen molar-refractivity contribution >= 4 is 40.4 Å². The van der Waals surface area contributed by atoms with E-state index in [1.54, 1.807) is 25.3 Å². The number of imidazole rings is 1. The number of hydrogen-bond donors (Lipinski definition) is 3. The van der Waals surface area contributed by atoms with Gasteiger partial charge in [0.05, 0.1) is 21.3 Å². The number of thiazole rings is 1. The van der Waals surface area contributed by atoms with Gasteiger partial charge in [-0.05, 0) is 51.1 Å². The Balaban J connectivity index is 1.88. The van der Waals surface area contributed by atoms with Crippen molar-refractivity contribution in [2.75, 3.05) is 5.32 Å². The highest BCUT2D eigenvalue weighted by molar-refractivity contribution is 7.18. The number of aryl methyl sites for hydroxylation is 2. The number of H-pyrrole nitrogens is 1. The number of hydrogen-bond acceptors (Lipinski definition) is 6. The molecule has 1 unspecified atom stereocenters. The largest absolute Gasteiger partial charge is 0.374 e. The van der Waals surface area contributed by atoms with E-state index in [1.165, 1.54) is 11.3 Å². The second kappa shape index (κ2) is 8.35. The molecule has 0 aliphatic heterocycles. The molecule has 1 aromatic carbocycles. The van der Waals surface area contributed by atoms with E-state index in [0.717, 1.165) is 43.9 Å². The van der Waals surface area contributed by atoms with Crippen LogP contribution in [-0.4, -0.2) is 31.3 Å². The van der Waals surface area contributed by atoms with Crippen LogP contribution in [0, 0.1) is 13.8 Å². The molecule has 0 saturated carbocycles. The van der Waals surface area contributed by atoms with Gasteiger partial charge in [-0.25, -0.2) is 15.0 Å². The molecule has 30 heavy (non-hydrogen) atoms. The first-order valence-electron chi connectivity index (χ1n) is 9.22. The molecule has 4 rings (SSSR count). The highest BCUT2D eigenvalue weighted by Gasteiger charge is 2.21. The van der Waals surface area contributed by atoms with Crippen LogP contribution in [0.4, 0.5) is 5.82 Å². The van der Waals surface area contributed by atoms with Gasteiger partial charge in [0, 0.05) is 28.0 Å². The average molecular weight is 460 g/mol. The third-order valence-corrected chi connectivity index (χ3v) is 6.18. The van der Waals surface area contributed by atoms with Crippen molar-refractivity contribution in [3.05, 3.63) is 58.0 Å². The fourth-order valence-corrected chi connectivity index (χ4v) is 4.50. The summed E-state index contributed by atoms with van der Waals surface area (Å²) in [6.07, 6.45) is 0.967. The zero-order chi connectivity index (χ0) is 21.4. The van der Waals surface area contributed by atoms with Crippen LogP contribution in [0.3, 0.4) is 0 Å². The Morgan fingerprint density at radius 2 is 1.93 bits per heavy atom. The van der Waals surface area contributed by atoms with E-state index in [4.69, 9.17) is 28.2 Å². The third-order valence-electron chi connectivity index (χ3n) is 4.52. The van der Waals surface area contributed by atoms with E-state index in [9.17, 15) is 5.11 Å². The number of aliphatic hydroxyl groups is 1. The fourth-order valence-electron chi connectivity index (χ4n) is 2.98. The first-order chi connectivity index (χ1) is 14.3. The van der Waals surface area contributed by atoms with Crippen molar-refractivity contribution in [3.8, 4) is 32.5 Å². The van der Waals surface area contributed by atoms with Crippen molar-refractivity contribution in [3.63, 3.8) is 0 Å². The SMILES string of the molecule is Cc1nc(-c2sc(-c3ccnc(NC(C)O)c3)nc2-c2ccc(Cl)cc2Cl)[nH]c1C. The predicted octanol–water partition coefficient (Wildman–Crippen LogP) is 5.94. The number of pyridine rings is 1. The van der Waals surface area contributed by atoms with Crippen molar-refractivity contribution in [1.29, 1.82) is 0 Å². The van der Waals surface area contributed by atoms with Gasteiger partial charge in [-0.2, -0.15) is 0 Å². The van der Waals surface area contributed by atoms with Gasteiger partial charge in [-0.15, -0.1) is 11.3 Å². The maximum absolute atomic E-state index is 9.59. The van der Waals surface area contributed by atoms with Gasteiger partial charge in [0.1, 0.15) is 22.9 Å². The molecule has 1 atom stereocenters. The summed E-state index contributed by atoms with van der Waals surface area (Å²) in [5, 5.41) is 14.4. The minimum Gasteiger partial charge on any atom is -0.374 e. The molecule has 0 spiro atoms. The Hall–Kier alpha value is -2.45. The van der Waals surface area contributed by atoms with E-state index in [-0.39, 0.29) is 0 Å². The van der Waals surface area contributed by atoms with Gasteiger partial charge in [-0.3, -0.25) is 0 Å². The van der Waals surface area contributed by atoms with Gasteiger partial charge >= 0.3 is 0 Å². The summed E-state index contributed by atoms with van der Waals surface area (Å²) >= 11 is 14.1. The molecule has 0 saturated heterocycles. The van der Waals surface area contributed by atoms with Crippen LogP contribution in [0.25, 0.3) is 32.5 Å². The molecule has 154 valence electrons. The Kier molecular flexibility index (Phi) is 5.79. The maximum Gasteiger partial charge on any atom is 0.150 e. The van der Waals surface area contributed by atoms with Gasteiger partial charge in [0.15, 0.2) is 0 Å². The van der Waals surface area contributed by atoms with Crippen molar-refractivity contribution in [2.24, 2.45) is 0 Å². The van der Waals surface area contributed by atoms with Crippen LogP contribution in [0.15, 0.2) is 36.5 Å². The molecule has 0 aliphatic rings. The smallest absolute Gasteiger partial charge is 0.150 e. The van der Waals surface area contributed by atoms with Gasteiger partial charge in [-0.1, -0.05) is 23.2 Å². The molecule has 0 fully saturated rings. The monoisotopic (exact) mass is 459 g/mol. The topological polar surface area (TPSA) is 86.7 Å². The zero-order valence-corrected chi connectivity index (χ0v) is 18.8. The molecule has 0 amide bonds. The molecule has 0 radical (unpaired) electrons. The number of aromatic nitrogens is 4. The molecular weight excluding hydrogens is 441 g/mol. The molecule has 3 N–H and O–H groups in total. The summed E-state index contributed by atoms with van der Waals surface area (Å²) in [4.78, 5) is 18.0. The minimum atomic E-state index is -0.711. The lowest BCUT2D eigenvalue weighted by atomic mass is 10.1. The highest BCUT2D eigenvalue weighted by Crippen LogP contribution is 2.42. The summed E-state index contributed by atoms with van der Waals surface area (Å²) in [5.74, 6) is 1.31. The van der Waals surface area contributed by atoms with Gasteiger partial charge < -0.3 is 15.4 Å². The number of nitrogens with zero attached hydrogens (tertiary/aromatic N) is 3. The standard InChI is InChI=1S/C21H19Cl2N5OS/c1-10-11(2)26-20(25-10)19-18(15-5-4-14(22)9-16(15)23)28-21(30-19)13-6-7-24-17(8-13)27-12(3)29/h4-9,12,29H,1-3H3,(H,24,27)(H,25,26). The summed E-state index contributed by atoms with van der Waals surface area (Å²) in [5.41, 5.74) is 4.31. The fraction of sp³-hybridized carbons (Fsp3) is 0.190. The van der Waals surface area contributed by atoms with Gasteiger partial charge in [0.2, 0.25) is 0 Å².